The number of Topliss-reactive ketones (excluding diaryl/α,β-unsaturated/α-hetero) is 1. The van der Waals surface area contributed by atoms with Gasteiger partial charge >= 0.3 is 36.0 Å². The molecule has 0 bridgehead atoms. The number of hydrogen-bond donors (Lipinski definition) is 4. The molecule has 0 radical (unpaired) electrons. The molecule has 5 aliphatic heterocycles. The highest BCUT2D eigenvalue weighted by molar-refractivity contribution is 9.11. The van der Waals surface area contributed by atoms with Crippen LogP contribution < -0.4 is 29.3 Å². The fraction of sp³-hybridized carbons (Fsp3) is 0.297. The molecule has 0 aromatic heterocycles. The van der Waals surface area contributed by atoms with Crippen molar-refractivity contribution in [1.29, 1.82) is 0 Å². The molecule has 0 spiro atoms. The molecule has 6 aromatic rings. The lowest BCUT2D eigenvalue weighted by Gasteiger charge is -2.35. The number of rotatable bonds is 19. The maximum Gasteiger partial charge on any atom is 0.341 e. The Kier molecular flexibility index (Phi) is 26.6. The topological polar surface area (TPSA) is 287 Å². The minimum Gasteiger partial charge on any atom is -0.483 e. The van der Waals surface area contributed by atoms with Crippen LogP contribution in [0.4, 0.5) is 31.4 Å². The Morgan fingerprint density at radius 3 is 1.17 bits per heavy atom. The number of likely N-dealkylation sites (tertiary alicyclic amines) is 1. The van der Waals surface area contributed by atoms with Crippen LogP contribution in [0.2, 0.25) is 30.1 Å². The van der Waals surface area contributed by atoms with E-state index in [1.54, 1.807) is 9.80 Å². The zero-order valence-corrected chi connectivity index (χ0v) is 62.6. The first-order chi connectivity index (χ1) is 46.3. The number of ketones is 1. The van der Waals surface area contributed by atoms with Gasteiger partial charge in [0.25, 0.3) is 11.8 Å². The maximum atomic E-state index is 13.6. The third-order valence-electron chi connectivity index (χ3n) is 16.2. The molecule has 11 rings (SSSR count). The summed E-state index contributed by atoms with van der Waals surface area (Å²) < 4.78 is 27.4. The molecule has 22 nitrogen and oxygen atoms in total. The first kappa shape index (κ1) is 77.6. The molecule has 5 fully saturated rings. The van der Waals surface area contributed by atoms with E-state index in [2.05, 4.69) is 74.5 Å². The van der Waals surface area contributed by atoms with Gasteiger partial charge in [0, 0.05) is 79.4 Å². The van der Waals surface area contributed by atoms with Crippen LogP contribution in [0.5, 0.6) is 17.2 Å². The molecule has 4 N–H and O–H groups in total. The summed E-state index contributed by atoms with van der Waals surface area (Å²) in [7, 11) is 7.36. The molecule has 5 heterocycles. The lowest BCUT2D eigenvalue weighted by molar-refractivity contribution is -0.148. The van der Waals surface area contributed by atoms with Crippen LogP contribution in [0.3, 0.4) is 0 Å². The first-order valence-corrected chi connectivity index (χ1v) is 36.7. The summed E-state index contributed by atoms with van der Waals surface area (Å²) in [6.07, 6.45) is 4.51. The Bertz CT molecular complexity index is 3890. The van der Waals surface area contributed by atoms with E-state index in [1.165, 1.54) is 48.2 Å². The molecule has 8 amide bonds. The molecule has 0 saturated carbocycles. The number of carbonyl (C=O) groups excluding carboxylic acids is 6. The zero-order valence-electron chi connectivity index (χ0n) is 50.9. The lowest BCUT2D eigenvalue weighted by atomic mass is 9.88. The second-order valence-corrected chi connectivity index (χ2v) is 30.4. The van der Waals surface area contributed by atoms with Gasteiger partial charge in [-0.3, -0.25) is 14.4 Å². The Morgan fingerprint density at radius 2 is 0.837 bits per heavy atom. The maximum absolute atomic E-state index is 13.6. The number of carboxylic acid groups (broad SMARTS) is 3. The highest BCUT2D eigenvalue weighted by Crippen LogP contribution is 2.48. The predicted molar refractivity (Wildman–Crippen MR) is 384 cm³/mol. The summed E-state index contributed by atoms with van der Waals surface area (Å²) in [6.45, 7) is 1.23. The molecule has 5 aliphatic rings. The van der Waals surface area contributed by atoms with Crippen LogP contribution in [0.25, 0.3) is 0 Å². The molecule has 3 atom stereocenters. The van der Waals surface area contributed by atoms with E-state index in [4.69, 9.17) is 98.2 Å². The van der Waals surface area contributed by atoms with E-state index in [0.29, 0.717) is 51.6 Å². The van der Waals surface area contributed by atoms with Gasteiger partial charge in [-0.2, -0.15) is 0 Å². The fourth-order valence-corrected chi connectivity index (χ4v) is 14.6. The molecule has 34 heteroatoms. The standard InChI is InChI=1S/C22H19BrCl2N2O4.C21H19BrCl2N2O6.C21H17BrCl2N2O5.Cl2OS/c1-13(28)12-31-19-17(24)9-16(10-18(19)25)27-20(29)22(7-2-8-26(22)21(27)30)11-14-3-5-15(23)6-4-14;22-13-4-2-12(3-5-13)10-21(19(29)30)6-1-7-26(21)20(31)25-14-8-15(23)18(16(24)9-14)32-11-17(27)28;22-13-4-2-12(3-5-13)10-21-6-1-7-25(21)20(30)26(19(21)29)14-8-15(23)18(16(24)9-14)31-11-17(27)28;1-4(2)3/h3-6,9-10H,2,7-8,11-12H2,1H3;2-5,8-9H,1,6-7,10-11H2,(H,25,31)(H,27,28)(H,29,30);2-5,8-9H,1,6-7,10-11H2,(H,27,28);. The van der Waals surface area contributed by atoms with Crippen molar-refractivity contribution < 1.29 is 76.9 Å². The van der Waals surface area contributed by atoms with Crippen molar-refractivity contribution in [2.24, 2.45) is 0 Å². The van der Waals surface area contributed by atoms with Gasteiger partial charge < -0.3 is 49.5 Å². The monoisotopic (exact) mass is 1710 g/mol. The van der Waals surface area contributed by atoms with E-state index < -0.39 is 69.0 Å². The van der Waals surface area contributed by atoms with Crippen molar-refractivity contribution in [3.63, 3.8) is 0 Å². The van der Waals surface area contributed by atoms with Crippen molar-refractivity contribution in [3.05, 3.63) is 169 Å². The number of fused-ring (bicyclic) bond motifs is 2. The molecule has 3 unspecified atom stereocenters. The number of nitrogens with zero attached hydrogens (tertiary/aromatic N) is 5. The number of benzene rings is 6. The third kappa shape index (κ3) is 17.9. The van der Waals surface area contributed by atoms with Crippen molar-refractivity contribution in [3.8, 4) is 17.2 Å². The van der Waals surface area contributed by atoms with E-state index in [9.17, 15) is 48.3 Å². The first-order valence-electron chi connectivity index (χ1n) is 29.2. The van der Waals surface area contributed by atoms with Gasteiger partial charge in [-0.15, -0.1) is 0 Å². The molecular formula is C64H55Br3Cl8N6O16S. The summed E-state index contributed by atoms with van der Waals surface area (Å²) in [5, 5.41) is 30.5. The van der Waals surface area contributed by atoms with Crippen LogP contribution in [-0.4, -0.2) is 144 Å². The van der Waals surface area contributed by atoms with Crippen LogP contribution >= 0.6 is 139 Å². The quantitative estimate of drug-likeness (QED) is 0.0433. The molecular weight excluding hydrogens is 1660 g/mol. The van der Waals surface area contributed by atoms with Gasteiger partial charge in [0.1, 0.15) is 23.2 Å². The normalized spacial score (nSPS) is 19.1. The summed E-state index contributed by atoms with van der Waals surface area (Å²) in [4.78, 5) is 118. The number of halogens is 11. The van der Waals surface area contributed by atoms with Gasteiger partial charge in [0.2, 0.25) is 9.23 Å². The number of nitrogens with one attached hydrogen (secondary N) is 1. The lowest BCUT2D eigenvalue weighted by Crippen LogP contribution is -2.55. The molecule has 0 aliphatic carbocycles. The largest absolute Gasteiger partial charge is 0.483 e. The Balaban J connectivity index is 0.000000182. The molecule has 5 saturated heterocycles. The van der Waals surface area contributed by atoms with Gasteiger partial charge in [-0.1, -0.05) is 154 Å². The van der Waals surface area contributed by atoms with E-state index in [1.807, 2.05) is 72.8 Å². The molecule has 98 heavy (non-hydrogen) atoms. The second-order valence-electron chi connectivity index (χ2n) is 22.6. The van der Waals surface area contributed by atoms with Crippen LogP contribution in [0, 0.1) is 0 Å². The van der Waals surface area contributed by atoms with Crippen molar-refractivity contribution in [2.45, 2.75) is 81.3 Å². The Morgan fingerprint density at radius 1 is 0.510 bits per heavy atom. The number of urea groups is 3. The number of carbonyl (C=O) groups is 9. The predicted octanol–water partition coefficient (Wildman–Crippen LogP) is 16.0. The zero-order chi connectivity index (χ0) is 71.7. The molecule has 6 aromatic carbocycles. The highest BCUT2D eigenvalue weighted by Gasteiger charge is 2.61. The average molecular weight is 1720 g/mol. The molecule has 520 valence electrons. The van der Waals surface area contributed by atoms with Crippen molar-refractivity contribution >= 4 is 219 Å². The SMILES string of the molecule is CC(=O)COc1c(Cl)cc(N2C(=O)N3CCCC3(Cc3ccc(Br)cc3)C2=O)cc1Cl.O=C(O)COc1c(Cl)cc(N2C(=O)N3CCCC3(Cc3ccc(Br)cc3)C2=O)cc1Cl.O=C(O)COc1c(Cl)cc(NC(=O)N2CCCC2(Cc2ccc(Br)cc2)C(=O)O)cc1Cl.O=S(Cl)Cl. The van der Waals surface area contributed by atoms with Gasteiger partial charge in [-0.05, 0) is 135 Å². The van der Waals surface area contributed by atoms with Crippen LogP contribution in [0.1, 0.15) is 62.1 Å². The van der Waals surface area contributed by atoms with E-state index in [-0.39, 0.29) is 108 Å². The Labute approximate surface area is 627 Å². The summed E-state index contributed by atoms with van der Waals surface area (Å²) in [5.41, 5.74) is 0.172. The van der Waals surface area contributed by atoms with Crippen LogP contribution in [0.15, 0.2) is 123 Å². The van der Waals surface area contributed by atoms with Gasteiger partial charge in [0.15, 0.2) is 36.2 Å². The van der Waals surface area contributed by atoms with E-state index in [0.717, 1.165) is 52.7 Å². The summed E-state index contributed by atoms with van der Waals surface area (Å²) in [5.74, 6) is -4.16. The number of aliphatic carboxylic acids is 3. The van der Waals surface area contributed by atoms with Crippen LogP contribution in [-0.2, 0) is 57.3 Å². The fourth-order valence-electron chi connectivity index (χ4n) is 12.1. The highest BCUT2D eigenvalue weighted by atomic mass is 79.9. The Hall–Kier alpha value is -6.14. The second kappa shape index (κ2) is 33.6. The minimum atomic E-state index is -1.67. The average Bonchev–Trinajstić information content (AvgIpc) is 1.57. The number of ether oxygens (including phenoxy) is 3. The number of hydrogen-bond acceptors (Lipinski definition) is 13. The van der Waals surface area contributed by atoms with E-state index >= 15 is 0 Å². The number of imide groups is 2. The third-order valence-corrected chi connectivity index (χ3v) is 19.5. The number of amides is 8. The van der Waals surface area contributed by atoms with Gasteiger partial charge in [0.05, 0.1) is 41.5 Å². The van der Waals surface area contributed by atoms with Crippen molar-refractivity contribution in [2.75, 3.05) is 54.6 Å². The van der Waals surface area contributed by atoms with Crippen molar-refractivity contribution in [1.82, 2.24) is 14.7 Å². The summed E-state index contributed by atoms with van der Waals surface area (Å²) >= 11 is 47.5. The number of carboxylic acids is 3. The summed E-state index contributed by atoms with van der Waals surface area (Å²) in [6, 6.07) is 29.7. The number of anilines is 3. The smallest absolute Gasteiger partial charge is 0.341 e. The minimum absolute atomic E-state index is 0.00910. The van der Waals surface area contributed by atoms with Gasteiger partial charge in [-0.25, -0.2) is 42.8 Å².